The van der Waals surface area contributed by atoms with Gasteiger partial charge in [0.15, 0.2) is 11.5 Å². The first-order valence-electron chi connectivity index (χ1n) is 6.33. The highest BCUT2D eigenvalue weighted by atomic mass is 16.6. The summed E-state index contributed by atoms with van der Waals surface area (Å²) in [6.07, 6.45) is 2.22. The number of hydrogen-bond acceptors (Lipinski definition) is 3. The number of ether oxygens (including phenoxy) is 2. The number of hydrogen-bond donors (Lipinski definition) is 1. The molecule has 18 heavy (non-hydrogen) atoms. The molecule has 0 saturated heterocycles. The van der Waals surface area contributed by atoms with Crippen LogP contribution in [0.25, 0.3) is 0 Å². The van der Waals surface area contributed by atoms with E-state index >= 15 is 0 Å². The molecular formula is C14H16O4. The van der Waals surface area contributed by atoms with Gasteiger partial charge in [-0.15, -0.1) is 0 Å². The molecule has 0 amide bonds. The first-order valence-corrected chi connectivity index (χ1v) is 6.33. The third kappa shape index (κ3) is 2.15. The molecule has 96 valence electrons. The Morgan fingerprint density at radius 1 is 1.22 bits per heavy atom. The number of aliphatic carboxylic acids is 1. The van der Waals surface area contributed by atoms with Gasteiger partial charge >= 0.3 is 5.97 Å². The lowest BCUT2D eigenvalue weighted by atomic mass is 9.70. The molecule has 1 saturated carbocycles. The summed E-state index contributed by atoms with van der Waals surface area (Å²) < 4.78 is 11.0. The van der Waals surface area contributed by atoms with Gasteiger partial charge in [0.2, 0.25) is 0 Å². The molecule has 2 aliphatic rings. The van der Waals surface area contributed by atoms with Crippen molar-refractivity contribution in [2.75, 3.05) is 13.2 Å². The Hall–Kier alpha value is -1.71. The van der Waals surface area contributed by atoms with Crippen LogP contribution in [0.1, 0.15) is 30.7 Å². The van der Waals surface area contributed by atoms with Gasteiger partial charge in [-0.2, -0.15) is 0 Å². The Morgan fingerprint density at radius 3 is 2.67 bits per heavy atom. The van der Waals surface area contributed by atoms with Gasteiger partial charge in [-0.3, -0.25) is 4.79 Å². The largest absolute Gasteiger partial charge is 0.486 e. The normalized spacial score (nSPS) is 25.3. The van der Waals surface area contributed by atoms with Gasteiger partial charge in [0, 0.05) is 6.42 Å². The topological polar surface area (TPSA) is 55.8 Å². The molecule has 1 heterocycles. The molecule has 0 aromatic heterocycles. The van der Waals surface area contributed by atoms with Crippen LogP contribution in [0.3, 0.4) is 0 Å². The minimum Gasteiger partial charge on any atom is -0.486 e. The van der Waals surface area contributed by atoms with Crippen molar-refractivity contribution in [2.24, 2.45) is 5.92 Å². The number of benzene rings is 1. The van der Waals surface area contributed by atoms with Crippen LogP contribution in [0, 0.1) is 5.92 Å². The standard InChI is InChI=1S/C14H16O4/c15-14(16)7-9-5-11(6-9)10-1-2-12-13(8-10)18-4-3-17-12/h1-2,8-9,11H,3-7H2,(H,15,16). The summed E-state index contributed by atoms with van der Waals surface area (Å²) in [6.45, 7) is 1.21. The number of carbonyl (C=O) groups is 1. The summed E-state index contributed by atoms with van der Waals surface area (Å²) >= 11 is 0. The third-order valence-electron chi connectivity index (χ3n) is 3.74. The van der Waals surface area contributed by atoms with E-state index in [9.17, 15) is 4.79 Å². The molecule has 3 rings (SSSR count). The molecule has 0 unspecified atom stereocenters. The molecule has 0 spiro atoms. The van der Waals surface area contributed by atoms with Crippen molar-refractivity contribution in [3.05, 3.63) is 23.8 Å². The van der Waals surface area contributed by atoms with Crippen LogP contribution < -0.4 is 9.47 Å². The molecule has 0 atom stereocenters. The predicted molar refractivity (Wildman–Crippen MR) is 65.1 cm³/mol. The van der Waals surface area contributed by atoms with Crippen LogP contribution in [0.5, 0.6) is 11.5 Å². The molecule has 1 aromatic carbocycles. The summed E-state index contributed by atoms with van der Waals surface area (Å²) in [4.78, 5) is 10.6. The van der Waals surface area contributed by atoms with E-state index in [0.29, 0.717) is 31.5 Å². The highest BCUT2D eigenvalue weighted by Crippen LogP contribution is 2.45. The first kappa shape index (κ1) is 11.4. The summed E-state index contributed by atoms with van der Waals surface area (Å²) in [5.74, 6) is 1.75. The molecule has 4 nitrogen and oxygen atoms in total. The van der Waals surface area contributed by atoms with Crippen LogP contribution in [-0.4, -0.2) is 24.3 Å². The number of rotatable bonds is 3. The summed E-state index contributed by atoms with van der Waals surface area (Å²) in [5, 5.41) is 8.73. The van der Waals surface area contributed by atoms with Crippen LogP contribution in [-0.2, 0) is 4.79 Å². The lowest BCUT2D eigenvalue weighted by molar-refractivity contribution is -0.138. The van der Waals surface area contributed by atoms with E-state index in [1.165, 1.54) is 5.56 Å². The molecule has 1 aromatic rings. The van der Waals surface area contributed by atoms with E-state index in [2.05, 4.69) is 6.07 Å². The molecule has 1 aliphatic carbocycles. The molecular weight excluding hydrogens is 232 g/mol. The van der Waals surface area contributed by atoms with E-state index < -0.39 is 5.97 Å². The Labute approximate surface area is 106 Å². The van der Waals surface area contributed by atoms with Crippen LogP contribution in [0.2, 0.25) is 0 Å². The van der Waals surface area contributed by atoms with Gasteiger partial charge in [-0.25, -0.2) is 0 Å². The zero-order chi connectivity index (χ0) is 12.5. The fraction of sp³-hybridized carbons (Fsp3) is 0.500. The Kier molecular flexibility index (Phi) is 2.86. The van der Waals surface area contributed by atoms with Gasteiger partial charge in [0.1, 0.15) is 13.2 Å². The maximum absolute atomic E-state index is 10.6. The number of fused-ring (bicyclic) bond motifs is 1. The fourth-order valence-electron chi connectivity index (χ4n) is 2.74. The maximum Gasteiger partial charge on any atom is 0.303 e. The zero-order valence-corrected chi connectivity index (χ0v) is 10.1. The quantitative estimate of drug-likeness (QED) is 0.892. The van der Waals surface area contributed by atoms with Gasteiger partial charge in [-0.05, 0) is 42.4 Å². The molecule has 1 aliphatic heterocycles. The van der Waals surface area contributed by atoms with Crippen LogP contribution in [0.15, 0.2) is 18.2 Å². The molecule has 1 N–H and O–H groups in total. The minimum absolute atomic E-state index is 0.293. The molecule has 0 bridgehead atoms. The van der Waals surface area contributed by atoms with Gasteiger partial charge < -0.3 is 14.6 Å². The summed E-state index contributed by atoms with van der Waals surface area (Å²) in [5.41, 5.74) is 1.24. The van der Waals surface area contributed by atoms with Crippen molar-refractivity contribution in [3.63, 3.8) is 0 Å². The van der Waals surface area contributed by atoms with Crippen molar-refractivity contribution >= 4 is 5.97 Å². The lowest BCUT2D eigenvalue weighted by Gasteiger charge is -2.35. The minimum atomic E-state index is -0.694. The summed E-state index contributed by atoms with van der Waals surface area (Å²) in [7, 11) is 0. The SMILES string of the molecule is O=C(O)CC1CC(c2ccc3c(c2)OCCO3)C1. The maximum atomic E-state index is 10.6. The second kappa shape index (κ2) is 4.52. The van der Waals surface area contributed by atoms with Crippen molar-refractivity contribution in [1.82, 2.24) is 0 Å². The second-order valence-electron chi connectivity index (χ2n) is 5.04. The van der Waals surface area contributed by atoms with Crippen molar-refractivity contribution in [3.8, 4) is 11.5 Å². The molecule has 4 heteroatoms. The highest BCUT2D eigenvalue weighted by Gasteiger charge is 2.32. The number of carboxylic acid groups (broad SMARTS) is 1. The molecule has 0 radical (unpaired) electrons. The van der Waals surface area contributed by atoms with E-state index in [1.54, 1.807) is 0 Å². The Balaban J connectivity index is 1.66. The van der Waals surface area contributed by atoms with E-state index in [0.717, 1.165) is 24.3 Å². The van der Waals surface area contributed by atoms with Gasteiger partial charge in [-0.1, -0.05) is 6.07 Å². The monoisotopic (exact) mass is 248 g/mol. The average Bonchev–Trinajstić information content (AvgIpc) is 2.32. The second-order valence-corrected chi connectivity index (χ2v) is 5.04. The highest BCUT2D eigenvalue weighted by molar-refractivity contribution is 5.67. The Bertz CT molecular complexity index is 463. The van der Waals surface area contributed by atoms with Crippen molar-refractivity contribution < 1.29 is 19.4 Å². The Morgan fingerprint density at radius 2 is 1.94 bits per heavy atom. The first-order chi connectivity index (χ1) is 8.72. The van der Waals surface area contributed by atoms with Crippen molar-refractivity contribution in [1.29, 1.82) is 0 Å². The third-order valence-corrected chi connectivity index (χ3v) is 3.74. The van der Waals surface area contributed by atoms with E-state index in [4.69, 9.17) is 14.6 Å². The zero-order valence-electron chi connectivity index (χ0n) is 10.1. The number of carboxylic acids is 1. The van der Waals surface area contributed by atoms with Crippen LogP contribution >= 0.6 is 0 Å². The van der Waals surface area contributed by atoms with Gasteiger partial charge in [0.05, 0.1) is 0 Å². The molecule has 1 fully saturated rings. The smallest absolute Gasteiger partial charge is 0.303 e. The van der Waals surface area contributed by atoms with E-state index in [1.807, 2.05) is 12.1 Å². The van der Waals surface area contributed by atoms with Crippen LogP contribution in [0.4, 0.5) is 0 Å². The van der Waals surface area contributed by atoms with Crippen molar-refractivity contribution in [2.45, 2.75) is 25.2 Å². The van der Waals surface area contributed by atoms with Gasteiger partial charge in [0.25, 0.3) is 0 Å². The fourth-order valence-corrected chi connectivity index (χ4v) is 2.74. The average molecular weight is 248 g/mol. The lowest BCUT2D eigenvalue weighted by Crippen LogP contribution is -2.24. The van der Waals surface area contributed by atoms with E-state index in [-0.39, 0.29) is 0 Å². The summed E-state index contributed by atoms with van der Waals surface area (Å²) in [6, 6.07) is 6.06. The predicted octanol–water partition coefficient (Wildman–Crippen LogP) is 2.43.